The number of benzene rings is 3. The molecular formula is C83H92N12. The summed E-state index contributed by atoms with van der Waals surface area (Å²) in [5.74, 6) is 0. The summed E-state index contributed by atoms with van der Waals surface area (Å²) in [6, 6.07) is 35.5. The second kappa shape index (κ2) is 27.2. The molecule has 0 atom stereocenters. The first-order valence-corrected chi connectivity index (χ1v) is 34.5. The van der Waals surface area contributed by atoms with Crippen molar-refractivity contribution >= 4 is 90.8 Å². The molecule has 12 heteroatoms. The number of H-pyrrole nitrogens is 2. The lowest BCUT2D eigenvalue weighted by atomic mass is 9.95. The molecule has 2 aliphatic carbocycles. The fraction of sp³-hybridized carbons (Fsp3) is 0.313. The van der Waals surface area contributed by atoms with Crippen LogP contribution in [0.3, 0.4) is 0 Å². The molecule has 0 radical (unpaired) electrons. The largest absolute Gasteiger partial charge is 0.367 e. The van der Waals surface area contributed by atoms with Gasteiger partial charge in [-0.05, 0) is 260 Å². The van der Waals surface area contributed by atoms with Crippen LogP contribution in [0.15, 0.2) is 147 Å². The van der Waals surface area contributed by atoms with Crippen LogP contribution < -0.4 is 0 Å². The summed E-state index contributed by atoms with van der Waals surface area (Å²) < 4.78 is 9.72. The SMILES string of the molecule is C/C(=C/n1c2c(c3cc(C)ccc31)CN(C)CC2)c1cc[nH]c1.C/C(=C\n1c2c(c3cc(C)cnc31)CN(C)CC2)c1ccc(C)nc1.Cc1ccc2c(c1)c1c(n2/C=C/c2ccncc2)CCCC1.Cc1ccc2c(c1)c1c(n2C2=C(c3cc[nH]c3)CCC2)CCN(C)C1. The molecule has 0 saturated heterocycles. The molecule has 12 aromatic rings. The van der Waals surface area contributed by atoms with Gasteiger partial charge in [-0.1, -0.05) is 41.0 Å². The van der Waals surface area contributed by atoms with Crippen LogP contribution in [0.1, 0.15) is 141 Å². The zero-order valence-electron chi connectivity index (χ0n) is 57.5. The van der Waals surface area contributed by atoms with Crippen LogP contribution in [0.25, 0.3) is 90.8 Å². The fourth-order valence-corrected chi connectivity index (χ4v) is 15.4. The van der Waals surface area contributed by atoms with E-state index in [4.69, 9.17) is 4.98 Å². The van der Waals surface area contributed by atoms with E-state index in [1.165, 1.54) is 173 Å². The average Bonchev–Trinajstić information content (AvgIpc) is 1.61. The standard InChI is InChI=1S/C22H25N3.C21H24N4.C20H23N3.C20H20N2/c1-15-6-7-21-18(12-15)19-14-24(2)11-9-22(19)25(21)20-5-3-4-17(20)16-8-10-23-13-16;1-14-9-18-19-13-24(4)8-7-20(19)25(21(18)23-10-14)12-15(2)17-6-5-16(3)22-11-17;1-14-4-5-19-17(10-14)18-13-22(3)9-7-20(18)23(19)12-15(2)16-6-8-21-11-16;1-15-6-7-20-18(14-15)17-4-2-3-5-19(17)22(20)13-10-16-8-11-21-12-9-16/h6-8,10,12-13,23H,3-5,9,11,14H2,1-2H3;5-6,9-12H,7-8,13H2,1-4H3;4-6,8,10-12,21H,7,9,13H2,1-3H3;6-14H,2-5H2,1H3/b;15-12+;15-12-;13-10+. The van der Waals surface area contributed by atoms with E-state index >= 15 is 0 Å². The lowest BCUT2D eigenvalue weighted by Crippen LogP contribution is -2.27. The predicted octanol–water partition coefficient (Wildman–Crippen LogP) is 18.0. The van der Waals surface area contributed by atoms with E-state index < -0.39 is 0 Å². The summed E-state index contributed by atoms with van der Waals surface area (Å²) in [5.41, 5.74) is 33.8. The normalized spacial score (nSPS) is 16.2. The molecule has 3 aromatic carbocycles. The summed E-state index contributed by atoms with van der Waals surface area (Å²) in [6.45, 7) is 21.5. The summed E-state index contributed by atoms with van der Waals surface area (Å²) in [4.78, 5) is 26.9. The molecule has 9 aromatic heterocycles. The van der Waals surface area contributed by atoms with E-state index in [1.807, 2.05) is 56.2 Å². The zero-order valence-corrected chi connectivity index (χ0v) is 57.5. The van der Waals surface area contributed by atoms with Gasteiger partial charge in [-0.2, -0.15) is 0 Å². The highest BCUT2D eigenvalue weighted by molar-refractivity contribution is 5.96. The van der Waals surface area contributed by atoms with Gasteiger partial charge in [0.2, 0.25) is 0 Å². The van der Waals surface area contributed by atoms with Crippen molar-refractivity contribution in [2.24, 2.45) is 0 Å². The van der Waals surface area contributed by atoms with Crippen molar-refractivity contribution in [1.29, 1.82) is 0 Å². The second-order valence-corrected chi connectivity index (χ2v) is 27.6. The number of aromatic amines is 2. The van der Waals surface area contributed by atoms with E-state index in [0.29, 0.717) is 0 Å². The lowest BCUT2D eigenvalue weighted by molar-refractivity contribution is 0.311. The Bertz CT molecular complexity index is 4900. The van der Waals surface area contributed by atoms with Crippen LogP contribution >= 0.6 is 0 Å². The summed E-state index contributed by atoms with van der Waals surface area (Å²) in [5, 5.41) is 5.58. The number of allylic oxidation sites excluding steroid dienone is 4. The van der Waals surface area contributed by atoms with Crippen LogP contribution in [0.5, 0.6) is 0 Å². The number of rotatable bonds is 8. The molecule has 0 fully saturated rings. The molecule has 0 spiro atoms. The van der Waals surface area contributed by atoms with Crippen molar-refractivity contribution in [3.63, 3.8) is 0 Å². The predicted molar refractivity (Wildman–Crippen MR) is 398 cm³/mol. The topological polar surface area (TPSA) is 99.7 Å². The van der Waals surface area contributed by atoms with Crippen molar-refractivity contribution in [1.82, 2.24) is 57.9 Å². The highest BCUT2D eigenvalue weighted by Gasteiger charge is 2.29. The van der Waals surface area contributed by atoms with E-state index in [-0.39, 0.29) is 0 Å². The van der Waals surface area contributed by atoms with Gasteiger partial charge in [0.1, 0.15) is 5.65 Å². The Balaban J connectivity index is 0.000000109. The quantitative estimate of drug-likeness (QED) is 0.157. The Kier molecular flexibility index (Phi) is 18.1. The minimum absolute atomic E-state index is 0.989. The van der Waals surface area contributed by atoms with Crippen molar-refractivity contribution in [2.45, 2.75) is 132 Å². The number of aromatic nitrogens is 9. The van der Waals surface area contributed by atoms with Crippen molar-refractivity contribution in [2.75, 3.05) is 40.8 Å². The molecule has 0 amide bonds. The summed E-state index contributed by atoms with van der Waals surface area (Å²) in [7, 11) is 6.64. The minimum atomic E-state index is 0.989. The summed E-state index contributed by atoms with van der Waals surface area (Å²) in [6.07, 6.45) is 36.7. The number of pyridine rings is 3. The molecule has 0 saturated carbocycles. The van der Waals surface area contributed by atoms with Gasteiger partial charge in [0.05, 0.1) is 16.6 Å². The van der Waals surface area contributed by atoms with Gasteiger partial charge in [0, 0.05) is 182 Å². The molecule has 95 heavy (non-hydrogen) atoms. The first kappa shape index (κ1) is 63.1. The maximum absolute atomic E-state index is 4.76. The van der Waals surface area contributed by atoms with Crippen LogP contribution in [0, 0.1) is 34.6 Å². The van der Waals surface area contributed by atoms with Crippen LogP contribution in [-0.4, -0.2) is 98.7 Å². The van der Waals surface area contributed by atoms with E-state index in [9.17, 15) is 0 Å². The van der Waals surface area contributed by atoms with Gasteiger partial charge in [0.25, 0.3) is 0 Å². The minimum Gasteiger partial charge on any atom is -0.367 e. The molecule has 17 rings (SSSR count). The number of aryl methyl sites for hydroxylation is 6. The Morgan fingerprint density at radius 2 is 1.03 bits per heavy atom. The number of hydrogen-bond acceptors (Lipinski definition) is 6. The Hall–Kier alpha value is -9.33. The van der Waals surface area contributed by atoms with Crippen molar-refractivity contribution < 1.29 is 0 Å². The Morgan fingerprint density at radius 3 is 1.69 bits per heavy atom. The first-order valence-electron chi connectivity index (χ1n) is 34.5. The molecule has 5 aliphatic rings. The van der Waals surface area contributed by atoms with Crippen molar-refractivity contribution in [3.05, 3.63) is 242 Å². The fourth-order valence-electron chi connectivity index (χ4n) is 15.4. The molecule has 12 heterocycles. The average molecular weight is 1260 g/mol. The van der Waals surface area contributed by atoms with Crippen LogP contribution in [0.2, 0.25) is 0 Å². The number of nitrogens with one attached hydrogen (secondary N) is 2. The van der Waals surface area contributed by atoms with Crippen LogP contribution in [-0.2, 0) is 51.7 Å². The monoisotopic (exact) mass is 1260 g/mol. The number of nitrogens with zero attached hydrogens (tertiary/aromatic N) is 10. The highest BCUT2D eigenvalue weighted by atomic mass is 15.1. The third-order valence-corrected chi connectivity index (χ3v) is 20.4. The molecule has 2 N–H and O–H groups in total. The second-order valence-electron chi connectivity index (χ2n) is 27.6. The van der Waals surface area contributed by atoms with Gasteiger partial charge in [-0.25, -0.2) is 4.98 Å². The van der Waals surface area contributed by atoms with Gasteiger partial charge < -0.3 is 42.9 Å². The lowest BCUT2D eigenvalue weighted by Gasteiger charge is -2.25. The van der Waals surface area contributed by atoms with Crippen LogP contribution in [0.4, 0.5) is 0 Å². The Morgan fingerprint density at radius 1 is 0.463 bits per heavy atom. The number of hydrogen-bond donors (Lipinski definition) is 2. The zero-order chi connectivity index (χ0) is 65.4. The number of likely N-dealkylation sites (N-methyl/N-ethyl adjacent to an activating group) is 3. The summed E-state index contributed by atoms with van der Waals surface area (Å²) >= 11 is 0. The highest BCUT2D eigenvalue weighted by Crippen LogP contribution is 2.43. The van der Waals surface area contributed by atoms with Gasteiger partial charge in [-0.3, -0.25) is 9.97 Å². The molecule has 484 valence electrons. The molecular weight excluding hydrogens is 1160 g/mol. The smallest absolute Gasteiger partial charge is 0.144 e. The van der Waals surface area contributed by atoms with E-state index in [2.05, 4.69) is 238 Å². The van der Waals surface area contributed by atoms with Gasteiger partial charge in [-0.15, -0.1) is 0 Å². The van der Waals surface area contributed by atoms with Gasteiger partial charge >= 0.3 is 0 Å². The molecule has 12 nitrogen and oxygen atoms in total. The van der Waals surface area contributed by atoms with Gasteiger partial charge in [0.15, 0.2) is 0 Å². The molecule has 0 unspecified atom stereocenters. The first-order chi connectivity index (χ1) is 46.2. The molecule has 0 bridgehead atoms. The maximum Gasteiger partial charge on any atom is 0.144 e. The number of fused-ring (bicyclic) bond motifs is 12. The maximum atomic E-state index is 4.76. The van der Waals surface area contributed by atoms with Crippen molar-refractivity contribution in [3.8, 4) is 0 Å². The third kappa shape index (κ3) is 12.9. The molecule has 3 aliphatic heterocycles. The van der Waals surface area contributed by atoms with E-state index in [1.54, 1.807) is 16.8 Å². The third-order valence-electron chi connectivity index (χ3n) is 20.4. The Labute approximate surface area is 560 Å². The van der Waals surface area contributed by atoms with E-state index in [0.717, 1.165) is 75.4 Å².